The maximum Gasteiger partial charge on any atom is 0.343 e. The molecule has 5 heteroatoms. The molecule has 2 N–H and O–H groups in total. The first-order chi connectivity index (χ1) is 8.02. The van der Waals surface area contributed by atoms with Crippen molar-refractivity contribution >= 4 is 17.6 Å². The molecule has 94 valence electrons. The monoisotopic (exact) mass is 257 g/mol. The fourth-order valence-corrected chi connectivity index (χ4v) is 1.61. The molecule has 0 bridgehead atoms. The molecule has 0 aliphatic heterocycles. The quantitative estimate of drug-likeness (QED) is 0.817. The molecule has 0 spiro atoms. The Balaban J connectivity index is 2.66. The molecule has 1 rings (SSSR count). The van der Waals surface area contributed by atoms with Crippen molar-refractivity contribution in [3.63, 3.8) is 0 Å². The van der Waals surface area contributed by atoms with Gasteiger partial charge in [0.25, 0.3) is 0 Å². The highest BCUT2D eigenvalue weighted by Crippen LogP contribution is 2.25. The van der Waals surface area contributed by atoms with Gasteiger partial charge in [0.2, 0.25) is 0 Å². The molecule has 0 amide bonds. The number of carbonyl (C=O) groups is 1. The average molecular weight is 258 g/mol. The first-order valence-corrected chi connectivity index (χ1v) is 5.64. The predicted octanol–water partition coefficient (Wildman–Crippen LogP) is 1.78. The van der Waals surface area contributed by atoms with Crippen LogP contribution in [0.3, 0.4) is 0 Å². The van der Waals surface area contributed by atoms with E-state index in [1.807, 2.05) is 13.0 Å². The van der Waals surface area contributed by atoms with Crippen molar-refractivity contribution in [3.8, 4) is 5.75 Å². The number of benzene rings is 1. The van der Waals surface area contributed by atoms with Crippen molar-refractivity contribution in [1.29, 1.82) is 0 Å². The van der Waals surface area contributed by atoms with E-state index in [2.05, 4.69) is 4.74 Å². The second kappa shape index (κ2) is 6.47. The van der Waals surface area contributed by atoms with Gasteiger partial charge in [-0.15, -0.1) is 0 Å². The highest BCUT2D eigenvalue weighted by atomic mass is 35.5. The summed E-state index contributed by atoms with van der Waals surface area (Å²) in [6, 6.07) is 5.47. The molecule has 1 atom stereocenters. The van der Waals surface area contributed by atoms with Crippen LogP contribution in [0.5, 0.6) is 5.75 Å². The third kappa shape index (κ3) is 4.63. The Bertz CT molecular complexity index is 393. The van der Waals surface area contributed by atoms with Crippen LogP contribution in [-0.2, 0) is 16.0 Å². The zero-order chi connectivity index (χ0) is 12.8. The van der Waals surface area contributed by atoms with Gasteiger partial charge in [-0.25, -0.2) is 4.79 Å². The number of hydrogen-bond acceptors (Lipinski definition) is 4. The smallest absolute Gasteiger partial charge is 0.343 e. The van der Waals surface area contributed by atoms with Crippen LogP contribution < -0.4 is 10.5 Å². The zero-order valence-corrected chi connectivity index (χ0v) is 10.7. The zero-order valence-electron chi connectivity index (χ0n) is 9.90. The van der Waals surface area contributed by atoms with Crippen LogP contribution in [0.15, 0.2) is 18.2 Å². The molecule has 0 radical (unpaired) electrons. The molecule has 0 aliphatic carbocycles. The van der Waals surface area contributed by atoms with Gasteiger partial charge >= 0.3 is 5.97 Å². The first-order valence-electron chi connectivity index (χ1n) is 5.26. The summed E-state index contributed by atoms with van der Waals surface area (Å²) in [6.45, 7) is 1.78. The molecule has 1 aromatic carbocycles. The Morgan fingerprint density at radius 2 is 2.24 bits per heavy atom. The fraction of sp³-hybridized carbons (Fsp3) is 0.417. The second-order valence-corrected chi connectivity index (χ2v) is 4.22. The number of carbonyl (C=O) groups excluding carboxylic acids is 1. The molecule has 0 fully saturated rings. The predicted molar refractivity (Wildman–Crippen MR) is 66.3 cm³/mol. The molecule has 0 aromatic heterocycles. The van der Waals surface area contributed by atoms with E-state index in [9.17, 15) is 4.79 Å². The van der Waals surface area contributed by atoms with Crippen LogP contribution >= 0.6 is 11.6 Å². The minimum absolute atomic E-state index is 0.0768. The summed E-state index contributed by atoms with van der Waals surface area (Å²) >= 11 is 6.02. The lowest BCUT2D eigenvalue weighted by Crippen LogP contribution is -2.17. The van der Waals surface area contributed by atoms with E-state index in [-0.39, 0.29) is 12.6 Å². The third-order valence-corrected chi connectivity index (χ3v) is 2.42. The normalized spacial score (nSPS) is 12.0. The van der Waals surface area contributed by atoms with Crippen LogP contribution in [0, 0.1) is 0 Å². The van der Waals surface area contributed by atoms with Gasteiger partial charge in [0.15, 0.2) is 6.61 Å². The molecule has 4 nitrogen and oxygen atoms in total. The number of halogens is 1. The number of methoxy groups -OCH3 is 1. The van der Waals surface area contributed by atoms with Crippen LogP contribution in [0.2, 0.25) is 5.02 Å². The number of esters is 1. The number of nitrogens with two attached hydrogens (primary N) is 1. The van der Waals surface area contributed by atoms with E-state index in [0.29, 0.717) is 10.8 Å². The van der Waals surface area contributed by atoms with Gasteiger partial charge in [-0.3, -0.25) is 0 Å². The van der Waals surface area contributed by atoms with E-state index in [1.54, 1.807) is 12.1 Å². The molecule has 0 saturated heterocycles. The van der Waals surface area contributed by atoms with Gasteiger partial charge < -0.3 is 15.2 Å². The Morgan fingerprint density at radius 3 is 2.76 bits per heavy atom. The van der Waals surface area contributed by atoms with Gasteiger partial charge in [0, 0.05) is 6.04 Å². The second-order valence-electron chi connectivity index (χ2n) is 3.81. The van der Waals surface area contributed by atoms with Gasteiger partial charge in [0.1, 0.15) is 5.75 Å². The van der Waals surface area contributed by atoms with Crippen molar-refractivity contribution in [2.45, 2.75) is 19.4 Å². The van der Waals surface area contributed by atoms with Crippen LogP contribution in [0.1, 0.15) is 12.5 Å². The number of rotatable bonds is 5. The Kier molecular flexibility index (Phi) is 5.25. The van der Waals surface area contributed by atoms with Crippen LogP contribution in [0.25, 0.3) is 0 Å². The molecular formula is C12H16ClNO3. The van der Waals surface area contributed by atoms with E-state index >= 15 is 0 Å². The molecule has 1 aromatic rings. The van der Waals surface area contributed by atoms with Crippen LogP contribution in [0.4, 0.5) is 0 Å². The topological polar surface area (TPSA) is 61.5 Å². The highest BCUT2D eigenvalue weighted by molar-refractivity contribution is 6.32. The summed E-state index contributed by atoms with van der Waals surface area (Å²) in [5.41, 5.74) is 6.73. The summed E-state index contributed by atoms with van der Waals surface area (Å²) in [5.74, 6) is 0.0196. The van der Waals surface area contributed by atoms with Gasteiger partial charge in [-0.1, -0.05) is 17.7 Å². The molecule has 17 heavy (non-hydrogen) atoms. The minimum Gasteiger partial charge on any atom is -0.480 e. The summed E-state index contributed by atoms with van der Waals surface area (Å²) in [5, 5.41) is 0.465. The molecule has 0 aliphatic rings. The lowest BCUT2D eigenvalue weighted by molar-refractivity contribution is -0.142. The Labute approximate surface area is 106 Å². The standard InChI is InChI=1S/C12H16ClNO3/c1-8(14)5-9-3-4-11(10(13)6-9)17-7-12(15)16-2/h3-4,6,8H,5,7,14H2,1-2H3. The summed E-state index contributed by atoms with van der Waals surface area (Å²) in [7, 11) is 1.30. The largest absolute Gasteiger partial charge is 0.480 e. The van der Waals surface area contributed by atoms with Gasteiger partial charge in [-0.05, 0) is 31.0 Å². The maximum absolute atomic E-state index is 10.9. The fourth-order valence-electron chi connectivity index (χ4n) is 1.36. The average Bonchev–Trinajstić information content (AvgIpc) is 2.26. The lowest BCUT2D eigenvalue weighted by Gasteiger charge is -2.09. The summed E-state index contributed by atoms with van der Waals surface area (Å²) in [4.78, 5) is 10.9. The van der Waals surface area contributed by atoms with Gasteiger partial charge in [-0.2, -0.15) is 0 Å². The SMILES string of the molecule is COC(=O)COc1ccc(CC(C)N)cc1Cl. The van der Waals surface area contributed by atoms with E-state index < -0.39 is 5.97 Å². The van der Waals surface area contributed by atoms with Crippen molar-refractivity contribution in [1.82, 2.24) is 0 Å². The minimum atomic E-state index is -0.444. The molecule has 1 unspecified atom stereocenters. The maximum atomic E-state index is 10.9. The first kappa shape index (κ1) is 13.8. The molecule has 0 saturated carbocycles. The highest BCUT2D eigenvalue weighted by Gasteiger charge is 2.07. The van der Waals surface area contributed by atoms with Gasteiger partial charge in [0.05, 0.1) is 12.1 Å². The lowest BCUT2D eigenvalue weighted by atomic mass is 10.1. The van der Waals surface area contributed by atoms with E-state index in [0.717, 1.165) is 12.0 Å². The van der Waals surface area contributed by atoms with Crippen molar-refractivity contribution in [3.05, 3.63) is 28.8 Å². The number of hydrogen-bond donors (Lipinski definition) is 1. The molecule has 0 heterocycles. The van der Waals surface area contributed by atoms with Crippen molar-refractivity contribution in [2.75, 3.05) is 13.7 Å². The van der Waals surface area contributed by atoms with E-state index in [4.69, 9.17) is 22.1 Å². The Morgan fingerprint density at radius 1 is 1.53 bits per heavy atom. The van der Waals surface area contributed by atoms with Crippen LogP contribution in [-0.4, -0.2) is 25.7 Å². The summed E-state index contributed by atoms with van der Waals surface area (Å²) in [6.07, 6.45) is 0.747. The summed E-state index contributed by atoms with van der Waals surface area (Å²) < 4.78 is 9.68. The van der Waals surface area contributed by atoms with Crippen molar-refractivity contribution < 1.29 is 14.3 Å². The van der Waals surface area contributed by atoms with E-state index in [1.165, 1.54) is 7.11 Å². The molecular weight excluding hydrogens is 242 g/mol. The number of ether oxygens (including phenoxy) is 2. The third-order valence-electron chi connectivity index (χ3n) is 2.13. The Hall–Kier alpha value is -1.26. The van der Waals surface area contributed by atoms with Crippen molar-refractivity contribution in [2.24, 2.45) is 5.73 Å².